The van der Waals surface area contributed by atoms with E-state index in [1.165, 1.54) is 32.2 Å². The fraction of sp³-hybridized carbons (Fsp3) is 1.00. The fourth-order valence-corrected chi connectivity index (χ4v) is 1.71. The van der Waals surface area contributed by atoms with Crippen molar-refractivity contribution in [2.45, 2.75) is 45.8 Å². The summed E-state index contributed by atoms with van der Waals surface area (Å²) in [6, 6.07) is 0. The first-order valence-corrected chi connectivity index (χ1v) is 5.24. The van der Waals surface area contributed by atoms with Crippen molar-refractivity contribution in [1.29, 1.82) is 0 Å². The van der Waals surface area contributed by atoms with Crippen LogP contribution >= 0.6 is 0 Å². The number of ether oxygens (including phenoxy) is 1. The van der Waals surface area contributed by atoms with Crippen LogP contribution in [0.3, 0.4) is 0 Å². The normalized spacial score (nSPS) is 25.0. The van der Waals surface area contributed by atoms with Crippen LogP contribution in [0.2, 0.25) is 0 Å². The van der Waals surface area contributed by atoms with E-state index >= 15 is 0 Å². The van der Waals surface area contributed by atoms with Crippen LogP contribution in [0.25, 0.3) is 0 Å². The highest BCUT2D eigenvalue weighted by molar-refractivity contribution is 4.70. The summed E-state index contributed by atoms with van der Waals surface area (Å²) in [5, 5.41) is 0. The minimum atomic E-state index is 0.432. The summed E-state index contributed by atoms with van der Waals surface area (Å²) in [6.45, 7) is 7.72. The van der Waals surface area contributed by atoms with E-state index in [2.05, 4.69) is 18.7 Å². The van der Waals surface area contributed by atoms with Crippen LogP contribution in [-0.4, -0.2) is 30.8 Å². The van der Waals surface area contributed by atoms with Gasteiger partial charge >= 0.3 is 0 Å². The third-order valence-corrected chi connectivity index (χ3v) is 2.52. The number of hydrogen-bond donors (Lipinski definition) is 0. The molecule has 0 aromatic heterocycles. The molecule has 1 rings (SSSR count). The summed E-state index contributed by atoms with van der Waals surface area (Å²) >= 11 is 0. The van der Waals surface area contributed by atoms with Gasteiger partial charge in [0, 0.05) is 13.2 Å². The van der Waals surface area contributed by atoms with Gasteiger partial charge in [-0.25, -0.2) is 0 Å². The average molecular weight is 171 g/mol. The van der Waals surface area contributed by atoms with Gasteiger partial charge in [0.25, 0.3) is 0 Å². The molecule has 1 aliphatic heterocycles. The van der Waals surface area contributed by atoms with E-state index in [1.54, 1.807) is 0 Å². The molecule has 0 radical (unpaired) electrons. The van der Waals surface area contributed by atoms with Gasteiger partial charge in [-0.1, -0.05) is 20.3 Å². The molecule has 0 aromatic rings. The Balaban J connectivity index is 2.12. The monoisotopic (exact) mass is 171 g/mol. The second-order valence-corrected chi connectivity index (χ2v) is 3.45. The maximum atomic E-state index is 5.77. The summed E-state index contributed by atoms with van der Waals surface area (Å²) in [5.41, 5.74) is 0. The van der Waals surface area contributed by atoms with Gasteiger partial charge in [0.05, 0.1) is 0 Å². The summed E-state index contributed by atoms with van der Waals surface area (Å²) in [7, 11) is 0. The molecule has 1 heterocycles. The Morgan fingerprint density at radius 1 is 1.42 bits per heavy atom. The van der Waals surface area contributed by atoms with Crippen molar-refractivity contribution in [3.05, 3.63) is 0 Å². The van der Waals surface area contributed by atoms with Crippen LogP contribution in [0.5, 0.6) is 0 Å². The molecule has 0 amide bonds. The molecular formula is C10H21NO. The number of rotatable bonds is 5. The van der Waals surface area contributed by atoms with Crippen LogP contribution in [0, 0.1) is 0 Å². The third kappa shape index (κ3) is 2.76. The topological polar surface area (TPSA) is 12.5 Å². The maximum absolute atomic E-state index is 5.77. The maximum Gasteiger partial charge on any atom is 0.110 e. The molecule has 1 aliphatic rings. The first kappa shape index (κ1) is 10.0. The molecule has 0 N–H and O–H groups in total. The number of hydrogen-bond acceptors (Lipinski definition) is 2. The molecule has 2 nitrogen and oxygen atoms in total. The SMILES string of the molecule is CCCCOC1CCCN1CC. The molecule has 0 aromatic carbocycles. The Morgan fingerprint density at radius 3 is 2.92 bits per heavy atom. The molecule has 1 atom stereocenters. The van der Waals surface area contributed by atoms with Gasteiger partial charge in [-0.3, -0.25) is 4.90 Å². The van der Waals surface area contributed by atoms with E-state index in [1.807, 2.05) is 0 Å². The van der Waals surface area contributed by atoms with Crippen molar-refractivity contribution in [3.8, 4) is 0 Å². The van der Waals surface area contributed by atoms with Crippen molar-refractivity contribution in [2.24, 2.45) is 0 Å². The lowest BCUT2D eigenvalue weighted by Gasteiger charge is -2.22. The zero-order valence-corrected chi connectivity index (χ0v) is 8.38. The van der Waals surface area contributed by atoms with Gasteiger partial charge in [0.2, 0.25) is 0 Å². The highest BCUT2D eigenvalue weighted by atomic mass is 16.5. The van der Waals surface area contributed by atoms with Gasteiger partial charge in [-0.2, -0.15) is 0 Å². The minimum absolute atomic E-state index is 0.432. The molecule has 1 unspecified atom stereocenters. The second kappa shape index (κ2) is 5.55. The van der Waals surface area contributed by atoms with Crippen LogP contribution in [0.15, 0.2) is 0 Å². The summed E-state index contributed by atoms with van der Waals surface area (Å²) in [5.74, 6) is 0. The lowest BCUT2D eigenvalue weighted by Crippen LogP contribution is -2.31. The highest BCUT2D eigenvalue weighted by Crippen LogP contribution is 2.17. The van der Waals surface area contributed by atoms with Gasteiger partial charge < -0.3 is 4.74 Å². The molecule has 0 aliphatic carbocycles. The van der Waals surface area contributed by atoms with E-state index in [4.69, 9.17) is 4.74 Å². The van der Waals surface area contributed by atoms with Gasteiger partial charge in [-0.15, -0.1) is 0 Å². The van der Waals surface area contributed by atoms with Crippen molar-refractivity contribution < 1.29 is 4.74 Å². The van der Waals surface area contributed by atoms with Crippen LogP contribution in [-0.2, 0) is 4.74 Å². The smallest absolute Gasteiger partial charge is 0.110 e. The quantitative estimate of drug-likeness (QED) is 0.588. The van der Waals surface area contributed by atoms with Crippen LogP contribution in [0.1, 0.15) is 39.5 Å². The molecule has 12 heavy (non-hydrogen) atoms. The average Bonchev–Trinajstić information content (AvgIpc) is 2.52. The van der Waals surface area contributed by atoms with E-state index in [0.29, 0.717) is 6.23 Å². The predicted octanol–water partition coefficient (Wildman–Crippen LogP) is 2.24. The van der Waals surface area contributed by atoms with Crippen LogP contribution in [0.4, 0.5) is 0 Å². The Labute approximate surface area is 75.9 Å². The van der Waals surface area contributed by atoms with Crippen molar-refractivity contribution >= 4 is 0 Å². The van der Waals surface area contributed by atoms with E-state index in [9.17, 15) is 0 Å². The van der Waals surface area contributed by atoms with Gasteiger partial charge in [0.1, 0.15) is 6.23 Å². The van der Waals surface area contributed by atoms with E-state index in [0.717, 1.165) is 13.2 Å². The Hall–Kier alpha value is -0.0800. The molecule has 2 heteroatoms. The lowest BCUT2D eigenvalue weighted by molar-refractivity contribution is -0.0338. The number of unbranched alkanes of at least 4 members (excludes halogenated alkanes) is 1. The van der Waals surface area contributed by atoms with Gasteiger partial charge in [0.15, 0.2) is 0 Å². The largest absolute Gasteiger partial charge is 0.363 e. The van der Waals surface area contributed by atoms with Crippen molar-refractivity contribution in [1.82, 2.24) is 4.90 Å². The van der Waals surface area contributed by atoms with E-state index < -0.39 is 0 Å². The van der Waals surface area contributed by atoms with Crippen molar-refractivity contribution in [2.75, 3.05) is 19.7 Å². The molecule has 0 spiro atoms. The van der Waals surface area contributed by atoms with E-state index in [-0.39, 0.29) is 0 Å². The number of likely N-dealkylation sites (tertiary alicyclic amines) is 1. The molecule has 1 saturated heterocycles. The molecule has 0 saturated carbocycles. The molecule has 1 fully saturated rings. The van der Waals surface area contributed by atoms with Crippen molar-refractivity contribution in [3.63, 3.8) is 0 Å². The second-order valence-electron chi connectivity index (χ2n) is 3.45. The predicted molar refractivity (Wildman–Crippen MR) is 51.1 cm³/mol. The number of nitrogens with zero attached hydrogens (tertiary/aromatic N) is 1. The molecule has 0 bridgehead atoms. The zero-order chi connectivity index (χ0) is 8.81. The first-order valence-electron chi connectivity index (χ1n) is 5.24. The Kier molecular flexibility index (Phi) is 4.62. The summed E-state index contributed by atoms with van der Waals surface area (Å²) < 4.78 is 5.77. The minimum Gasteiger partial charge on any atom is -0.363 e. The highest BCUT2D eigenvalue weighted by Gasteiger charge is 2.22. The Bertz CT molecular complexity index is 116. The standard InChI is InChI=1S/C10H21NO/c1-3-5-9-12-10-7-6-8-11(10)4-2/h10H,3-9H2,1-2H3. The van der Waals surface area contributed by atoms with Crippen LogP contribution < -0.4 is 0 Å². The zero-order valence-electron chi connectivity index (χ0n) is 8.38. The van der Waals surface area contributed by atoms with Gasteiger partial charge in [-0.05, 0) is 25.8 Å². The molecular weight excluding hydrogens is 150 g/mol. The lowest BCUT2D eigenvalue weighted by atomic mass is 10.3. The summed E-state index contributed by atoms with van der Waals surface area (Å²) in [4.78, 5) is 2.43. The first-order chi connectivity index (χ1) is 5.88. The summed E-state index contributed by atoms with van der Waals surface area (Å²) in [6.07, 6.45) is 5.41. The fourth-order valence-electron chi connectivity index (χ4n) is 1.71. The molecule has 72 valence electrons. The Morgan fingerprint density at radius 2 is 2.25 bits per heavy atom. The third-order valence-electron chi connectivity index (χ3n) is 2.52.